The van der Waals surface area contributed by atoms with Crippen LogP contribution in [0.4, 0.5) is 0 Å². The van der Waals surface area contributed by atoms with Crippen molar-refractivity contribution in [3.63, 3.8) is 0 Å². The van der Waals surface area contributed by atoms with Gasteiger partial charge in [0.15, 0.2) is 0 Å². The summed E-state index contributed by atoms with van der Waals surface area (Å²) in [6, 6.07) is 9.15. The van der Waals surface area contributed by atoms with Crippen LogP contribution < -0.4 is 0 Å². The quantitative estimate of drug-likeness (QED) is 0.594. The van der Waals surface area contributed by atoms with E-state index in [-0.39, 0.29) is 5.97 Å². The number of halogens is 1. The Morgan fingerprint density at radius 3 is 2.59 bits per heavy atom. The van der Waals surface area contributed by atoms with Gasteiger partial charge in [-0.2, -0.15) is 5.26 Å². The molecule has 0 saturated carbocycles. The van der Waals surface area contributed by atoms with Gasteiger partial charge in [0, 0.05) is 10.9 Å². The zero-order chi connectivity index (χ0) is 12.5. The molecule has 1 aromatic carbocycles. The largest absolute Gasteiger partial charge is 0.462 e. The van der Waals surface area contributed by atoms with Crippen molar-refractivity contribution in [2.75, 3.05) is 6.61 Å². The van der Waals surface area contributed by atoms with Crippen molar-refractivity contribution in [2.24, 2.45) is 0 Å². The highest BCUT2D eigenvalue weighted by molar-refractivity contribution is 9.10. The van der Waals surface area contributed by atoms with Crippen molar-refractivity contribution < 1.29 is 9.53 Å². The minimum Gasteiger partial charge on any atom is -0.462 e. The predicted octanol–water partition coefficient (Wildman–Crippen LogP) is 3.69. The van der Waals surface area contributed by atoms with E-state index in [0.29, 0.717) is 18.6 Å². The Bertz CT molecular complexity index is 395. The van der Waals surface area contributed by atoms with Crippen molar-refractivity contribution in [3.05, 3.63) is 34.3 Å². The van der Waals surface area contributed by atoms with E-state index in [9.17, 15) is 4.79 Å². The second kappa shape index (κ2) is 7.86. The van der Waals surface area contributed by atoms with Crippen LogP contribution in [-0.2, 0) is 4.74 Å². The predicted molar refractivity (Wildman–Crippen MR) is 68.5 cm³/mol. The Labute approximate surface area is 110 Å². The first-order valence-electron chi connectivity index (χ1n) is 5.53. The minimum absolute atomic E-state index is 0.294. The van der Waals surface area contributed by atoms with Gasteiger partial charge in [-0.25, -0.2) is 4.79 Å². The van der Waals surface area contributed by atoms with Gasteiger partial charge in [-0.15, -0.1) is 0 Å². The van der Waals surface area contributed by atoms with E-state index in [1.165, 1.54) is 0 Å². The number of nitriles is 1. The first-order valence-corrected chi connectivity index (χ1v) is 6.33. The Morgan fingerprint density at radius 1 is 1.24 bits per heavy atom. The summed E-state index contributed by atoms with van der Waals surface area (Å²) in [6.45, 7) is 0.417. The topological polar surface area (TPSA) is 50.1 Å². The molecule has 0 amide bonds. The molecule has 0 atom stereocenters. The number of benzene rings is 1. The molecule has 0 aromatic heterocycles. The number of nitrogens with zero attached hydrogens (tertiary/aromatic N) is 1. The normalized spacial score (nSPS) is 9.65. The molecule has 0 saturated heterocycles. The first-order chi connectivity index (χ1) is 8.24. The molecule has 0 radical (unpaired) electrons. The van der Waals surface area contributed by atoms with Crippen LogP contribution in [0.25, 0.3) is 0 Å². The molecule has 0 unspecified atom stereocenters. The van der Waals surface area contributed by atoms with Crippen molar-refractivity contribution in [2.45, 2.75) is 25.7 Å². The van der Waals surface area contributed by atoms with Gasteiger partial charge in [-0.3, -0.25) is 0 Å². The van der Waals surface area contributed by atoms with Crippen molar-refractivity contribution in [1.29, 1.82) is 5.26 Å². The summed E-state index contributed by atoms with van der Waals surface area (Å²) in [5.74, 6) is -0.294. The summed E-state index contributed by atoms with van der Waals surface area (Å²) >= 11 is 3.30. The fourth-order valence-corrected chi connectivity index (χ4v) is 1.58. The van der Waals surface area contributed by atoms with Gasteiger partial charge in [0.25, 0.3) is 0 Å². The molecule has 0 aliphatic carbocycles. The molecule has 3 nitrogen and oxygen atoms in total. The van der Waals surface area contributed by atoms with Crippen LogP contribution in [0.1, 0.15) is 36.0 Å². The van der Waals surface area contributed by atoms with Gasteiger partial charge in [0.05, 0.1) is 18.2 Å². The summed E-state index contributed by atoms with van der Waals surface area (Å²) in [7, 11) is 0. The molecule has 0 heterocycles. The summed E-state index contributed by atoms with van der Waals surface area (Å²) < 4.78 is 6.05. The maximum atomic E-state index is 11.6. The molecular weight excluding hydrogens is 282 g/mol. The zero-order valence-electron chi connectivity index (χ0n) is 9.49. The van der Waals surface area contributed by atoms with E-state index in [0.717, 1.165) is 23.7 Å². The smallest absolute Gasteiger partial charge is 0.338 e. The third-order valence-electron chi connectivity index (χ3n) is 2.25. The van der Waals surface area contributed by atoms with Gasteiger partial charge < -0.3 is 4.74 Å². The van der Waals surface area contributed by atoms with Crippen molar-refractivity contribution in [1.82, 2.24) is 0 Å². The molecule has 0 N–H and O–H groups in total. The highest BCUT2D eigenvalue weighted by Gasteiger charge is 2.05. The monoisotopic (exact) mass is 295 g/mol. The van der Waals surface area contributed by atoms with Crippen LogP contribution in [0, 0.1) is 11.3 Å². The summed E-state index contributed by atoms with van der Waals surface area (Å²) in [6.07, 6.45) is 3.16. The molecular formula is C13H14BrNO2. The summed E-state index contributed by atoms with van der Waals surface area (Å²) in [5, 5.41) is 8.34. The maximum Gasteiger partial charge on any atom is 0.338 e. The highest BCUT2D eigenvalue weighted by atomic mass is 79.9. The van der Waals surface area contributed by atoms with Gasteiger partial charge in [-0.1, -0.05) is 15.9 Å². The molecule has 0 aliphatic heterocycles. The third kappa shape index (κ3) is 5.50. The number of rotatable bonds is 6. The standard InChI is InChI=1S/C13H14BrNO2/c14-12-7-5-11(6-8-12)13(16)17-10-4-2-1-3-9-15/h5-8H,1-4,10H2. The van der Waals surface area contributed by atoms with Crippen molar-refractivity contribution in [3.8, 4) is 6.07 Å². The van der Waals surface area contributed by atoms with Crippen LogP contribution >= 0.6 is 15.9 Å². The molecule has 4 heteroatoms. The number of unbranched alkanes of at least 4 members (excludes halogenated alkanes) is 3. The van der Waals surface area contributed by atoms with Gasteiger partial charge in [-0.05, 0) is 43.5 Å². The van der Waals surface area contributed by atoms with E-state index < -0.39 is 0 Å². The second-order valence-electron chi connectivity index (χ2n) is 3.61. The minimum atomic E-state index is -0.294. The lowest BCUT2D eigenvalue weighted by Gasteiger charge is -2.04. The van der Waals surface area contributed by atoms with Gasteiger partial charge in [0.1, 0.15) is 0 Å². The Balaban J connectivity index is 2.21. The highest BCUT2D eigenvalue weighted by Crippen LogP contribution is 2.11. The number of carbonyl (C=O) groups excluding carboxylic acids is 1. The SMILES string of the molecule is N#CCCCCCOC(=O)c1ccc(Br)cc1. The molecule has 0 aliphatic rings. The van der Waals surface area contributed by atoms with E-state index in [1.54, 1.807) is 12.1 Å². The van der Waals surface area contributed by atoms with E-state index in [1.807, 2.05) is 12.1 Å². The summed E-state index contributed by atoms with van der Waals surface area (Å²) in [4.78, 5) is 11.6. The van der Waals surface area contributed by atoms with Crippen LogP contribution in [0.15, 0.2) is 28.7 Å². The van der Waals surface area contributed by atoms with Crippen LogP contribution in [-0.4, -0.2) is 12.6 Å². The number of hydrogen-bond acceptors (Lipinski definition) is 3. The fourth-order valence-electron chi connectivity index (χ4n) is 1.32. The van der Waals surface area contributed by atoms with Crippen molar-refractivity contribution >= 4 is 21.9 Å². The van der Waals surface area contributed by atoms with E-state index in [4.69, 9.17) is 10.00 Å². The average molecular weight is 296 g/mol. The number of ether oxygens (including phenoxy) is 1. The maximum absolute atomic E-state index is 11.6. The fraction of sp³-hybridized carbons (Fsp3) is 0.385. The van der Waals surface area contributed by atoms with Crippen LogP contribution in [0.3, 0.4) is 0 Å². The molecule has 0 bridgehead atoms. The Morgan fingerprint density at radius 2 is 1.94 bits per heavy atom. The molecule has 0 fully saturated rings. The number of hydrogen-bond donors (Lipinski definition) is 0. The van der Waals surface area contributed by atoms with Crippen LogP contribution in [0.5, 0.6) is 0 Å². The summed E-state index contributed by atoms with van der Waals surface area (Å²) in [5.41, 5.74) is 0.560. The third-order valence-corrected chi connectivity index (χ3v) is 2.77. The lowest BCUT2D eigenvalue weighted by atomic mass is 10.2. The van der Waals surface area contributed by atoms with Crippen LogP contribution in [0.2, 0.25) is 0 Å². The molecule has 90 valence electrons. The zero-order valence-corrected chi connectivity index (χ0v) is 11.1. The molecule has 1 aromatic rings. The van der Waals surface area contributed by atoms with E-state index in [2.05, 4.69) is 22.0 Å². The molecule has 0 spiro atoms. The van der Waals surface area contributed by atoms with Gasteiger partial charge >= 0.3 is 5.97 Å². The lowest BCUT2D eigenvalue weighted by Crippen LogP contribution is -2.06. The van der Waals surface area contributed by atoms with Gasteiger partial charge in [0.2, 0.25) is 0 Å². The number of carbonyl (C=O) groups is 1. The van der Waals surface area contributed by atoms with E-state index >= 15 is 0 Å². The number of esters is 1. The Kier molecular flexibility index (Phi) is 6.34. The molecule has 17 heavy (non-hydrogen) atoms. The average Bonchev–Trinajstić information content (AvgIpc) is 2.34. The first kappa shape index (κ1) is 13.7. The Hall–Kier alpha value is -1.34. The second-order valence-corrected chi connectivity index (χ2v) is 4.53. The lowest BCUT2D eigenvalue weighted by molar-refractivity contribution is 0.0498. The molecule has 1 rings (SSSR count).